The minimum Gasteiger partial charge on any atom is -0.370 e. The van der Waals surface area contributed by atoms with Crippen molar-refractivity contribution in [2.45, 2.75) is 31.7 Å². The average Bonchev–Trinajstić information content (AvgIpc) is 2.52. The van der Waals surface area contributed by atoms with Gasteiger partial charge in [0.15, 0.2) is 0 Å². The Balaban J connectivity index is 1.95. The molecule has 1 amide bonds. The molecule has 2 unspecified atom stereocenters. The van der Waals surface area contributed by atoms with Gasteiger partial charge < -0.3 is 10.6 Å². The molecule has 68 valence electrons. The van der Waals surface area contributed by atoms with Crippen molar-refractivity contribution in [1.82, 2.24) is 4.90 Å². The second kappa shape index (κ2) is 3.05. The van der Waals surface area contributed by atoms with Crippen LogP contribution in [-0.2, 0) is 4.79 Å². The molecule has 2 rings (SSSR count). The quantitative estimate of drug-likeness (QED) is 0.646. The molecule has 2 fully saturated rings. The van der Waals surface area contributed by atoms with Gasteiger partial charge in [-0.2, -0.15) is 0 Å². The number of hydrogen-bond acceptors (Lipinski definition) is 2. The van der Waals surface area contributed by atoms with E-state index in [2.05, 4.69) is 4.90 Å². The number of amides is 1. The number of carbonyl (C=O) groups excluding carboxylic acids is 1. The highest BCUT2D eigenvalue weighted by Crippen LogP contribution is 2.34. The van der Waals surface area contributed by atoms with Crippen LogP contribution in [0, 0.1) is 5.92 Å². The first-order chi connectivity index (χ1) is 5.77. The molecule has 0 aromatic heterocycles. The average molecular weight is 168 g/mol. The van der Waals surface area contributed by atoms with Gasteiger partial charge in [0, 0.05) is 12.5 Å². The van der Waals surface area contributed by atoms with E-state index >= 15 is 0 Å². The third kappa shape index (κ3) is 1.33. The molecule has 2 N–H and O–H groups in total. The van der Waals surface area contributed by atoms with E-state index in [4.69, 9.17) is 5.73 Å². The molecule has 2 saturated heterocycles. The topological polar surface area (TPSA) is 46.3 Å². The van der Waals surface area contributed by atoms with Crippen LogP contribution in [0.2, 0.25) is 0 Å². The maximum atomic E-state index is 10.7. The summed E-state index contributed by atoms with van der Waals surface area (Å²) < 4.78 is 0. The van der Waals surface area contributed by atoms with Crippen LogP contribution in [0.1, 0.15) is 25.7 Å². The molecule has 0 aromatic rings. The largest absolute Gasteiger partial charge is 0.370 e. The molecule has 0 spiro atoms. The number of primary amides is 1. The Bertz CT molecular complexity index is 193. The van der Waals surface area contributed by atoms with Gasteiger partial charge in [0.25, 0.3) is 0 Å². The zero-order valence-electron chi connectivity index (χ0n) is 7.33. The summed E-state index contributed by atoms with van der Waals surface area (Å²) in [7, 11) is 0. The zero-order valence-corrected chi connectivity index (χ0v) is 7.33. The van der Waals surface area contributed by atoms with E-state index in [0.29, 0.717) is 18.4 Å². The molecule has 3 nitrogen and oxygen atoms in total. The van der Waals surface area contributed by atoms with Crippen LogP contribution < -0.4 is 5.73 Å². The maximum Gasteiger partial charge on any atom is 0.217 e. The smallest absolute Gasteiger partial charge is 0.217 e. The Labute approximate surface area is 72.9 Å². The zero-order chi connectivity index (χ0) is 8.55. The van der Waals surface area contributed by atoms with Gasteiger partial charge in [-0.3, -0.25) is 4.79 Å². The summed E-state index contributed by atoms with van der Waals surface area (Å²) in [5, 5.41) is 0. The molecule has 2 atom stereocenters. The van der Waals surface area contributed by atoms with E-state index in [-0.39, 0.29) is 5.91 Å². The number of fused-ring (bicyclic) bond motifs is 1. The second-order valence-electron chi connectivity index (χ2n) is 3.96. The first kappa shape index (κ1) is 8.05. The summed E-state index contributed by atoms with van der Waals surface area (Å²) in [6, 6.07) is 0.678. The highest BCUT2D eigenvalue weighted by Gasteiger charge is 2.37. The summed E-state index contributed by atoms with van der Waals surface area (Å²) >= 11 is 0. The summed E-state index contributed by atoms with van der Waals surface area (Å²) in [5.74, 6) is 0.429. The summed E-state index contributed by atoms with van der Waals surface area (Å²) in [6.07, 6.45) is 4.35. The molecule has 3 heteroatoms. The Morgan fingerprint density at radius 2 is 2.25 bits per heavy atom. The first-order valence-electron chi connectivity index (χ1n) is 4.80. The van der Waals surface area contributed by atoms with Crippen molar-refractivity contribution in [2.24, 2.45) is 11.7 Å². The predicted octanol–water partition coefficient (Wildman–Crippen LogP) is 0.346. The Morgan fingerprint density at radius 3 is 3.00 bits per heavy atom. The Morgan fingerprint density at radius 1 is 1.42 bits per heavy atom. The van der Waals surface area contributed by atoms with Gasteiger partial charge in [-0.25, -0.2) is 0 Å². The van der Waals surface area contributed by atoms with Gasteiger partial charge in [-0.1, -0.05) is 0 Å². The Kier molecular flexibility index (Phi) is 2.05. The van der Waals surface area contributed by atoms with Gasteiger partial charge in [-0.15, -0.1) is 0 Å². The van der Waals surface area contributed by atoms with Gasteiger partial charge in [-0.05, 0) is 38.3 Å². The van der Waals surface area contributed by atoms with E-state index in [9.17, 15) is 4.79 Å². The number of rotatable bonds is 2. The predicted molar refractivity (Wildman–Crippen MR) is 46.5 cm³/mol. The normalized spacial score (nSPS) is 35.3. The van der Waals surface area contributed by atoms with Gasteiger partial charge in [0.1, 0.15) is 0 Å². The van der Waals surface area contributed by atoms with E-state index in [1.807, 2.05) is 0 Å². The van der Waals surface area contributed by atoms with Crippen molar-refractivity contribution in [3.05, 3.63) is 0 Å². The van der Waals surface area contributed by atoms with Crippen LogP contribution >= 0.6 is 0 Å². The lowest BCUT2D eigenvalue weighted by Crippen LogP contribution is -2.28. The fourth-order valence-electron chi connectivity index (χ4n) is 2.68. The van der Waals surface area contributed by atoms with Crippen LogP contribution in [-0.4, -0.2) is 29.9 Å². The fraction of sp³-hybridized carbons (Fsp3) is 0.889. The molecule has 0 radical (unpaired) electrons. The van der Waals surface area contributed by atoms with E-state index in [1.54, 1.807) is 0 Å². The first-order valence-corrected chi connectivity index (χ1v) is 4.80. The van der Waals surface area contributed by atoms with Crippen molar-refractivity contribution >= 4 is 5.91 Å². The summed E-state index contributed by atoms with van der Waals surface area (Å²) in [4.78, 5) is 13.3. The molecule has 0 aromatic carbocycles. The highest BCUT2D eigenvalue weighted by atomic mass is 16.1. The molecule has 0 aliphatic carbocycles. The highest BCUT2D eigenvalue weighted by molar-refractivity contribution is 5.74. The van der Waals surface area contributed by atoms with E-state index in [0.717, 1.165) is 0 Å². The molecular formula is C9H16N2O. The lowest BCUT2D eigenvalue weighted by atomic mass is 9.95. The maximum absolute atomic E-state index is 10.7. The minimum atomic E-state index is -0.131. The number of nitrogens with zero attached hydrogens (tertiary/aromatic N) is 1. The van der Waals surface area contributed by atoms with Gasteiger partial charge in [0.05, 0.1) is 0 Å². The monoisotopic (exact) mass is 168 g/mol. The Hall–Kier alpha value is -0.570. The number of nitrogens with two attached hydrogens (primary N) is 1. The van der Waals surface area contributed by atoms with Crippen LogP contribution in [0.3, 0.4) is 0 Å². The molecule has 0 saturated carbocycles. The molecule has 2 aliphatic rings. The van der Waals surface area contributed by atoms with Crippen LogP contribution in [0.15, 0.2) is 0 Å². The van der Waals surface area contributed by atoms with Crippen molar-refractivity contribution in [3.8, 4) is 0 Å². The van der Waals surface area contributed by atoms with Crippen LogP contribution in [0.4, 0.5) is 0 Å². The molecular weight excluding hydrogens is 152 g/mol. The van der Waals surface area contributed by atoms with Gasteiger partial charge >= 0.3 is 0 Å². The number of hydrogen-bond donors (Lipinski definition) is 1. The van der Waals surface area contributed by atoms with Crippen molar-refractivity contribution < 1.29 is 4.79 Å². The standard InChI is InChI=1S/C9H16N2O/c10-9(12)6-7-3-5-11-4-1-2-8(7)11/h7-8H,1-6H2,(H2,10,12). The third-order valence-electron chi connectivity index (χ3n) is 3.21. The minimum absolute atomic E-state index is 0.131. The van der Waals surface area contributed by atoms with E-state index in [1.165, 1.54) is 32.4 Å². The third-order valence-corrected chi connectivity index (χ3v) is 3.21. The van der Waals surface area contributed by atoms with Crippen molar-refractivity contribution in [3.63, 3.8) is 0 Å². The molecule has 12 heavy (non-hydrogen) atoms. The van der Waals surface area contributed by atoms with Gasteiger partial charge in [0.2, 0.25) is 5.91 Å². The SMILES string of the molecule is NC(=O)CC1CCN2CCCC12. The summed E-state index contributed by atoms with van der Waals surface area (Å²) in [5.41, 5.74) is 5.20. The van der Waals surface area contributed by atoms with E-state index < -0.39 is 0 Å². The second-order valence-corrected chi connectivity index (χ2v) is 3.96. The lowest BCUT2D eigenvalue weighted by Gasteiger charge is -2.18. The fourth-order valence-corrected chi connectivity index (χ4v) is 2.68. The lowest BCUT2D eigenvalue weighted by molar-refractivity contribution is -0.119. The van der Waals surface area contributed by atoms with Crippen LogP contribution in [0.5, 0.6) is 0 Å². The molecule has 0 bridgehead atoms. The van der Waals surface area contributed by atoms with Crippen LogP contribution in [0.25, 0.3) is 0 Å². The molecule has 2 aliphatic heterocycles. The summed E-state index contributed by atoms with van der Waals surface area (Å²) in [6.45, 7) is 2.42. The number of carbonyl (C=O) groups is 1. The van der Waals surface area contributed by atoms with Crippen molar-refractivity contribution in [2.75, 3.05) is 13.1 Å². The van der Waals surface area contributed by atoms with Crippen molar-refractivity contribution in [1.29, 1.82) is 0 Å². The molecule has 2 heterocycles.